The van der Waals surface area contributed by atoms with Crippen molar-refractivity contribution >= 4 is 11.5 Å². The predicted octanol–water partition coefficient (Wildman–Crippen LogP) is 0.181. The fraction of sp³-hybridized carbons (Fsp3) is 0.125. The van der Waals surface area contributed by atoms with Crippen molar-refractivity contribution in [3.63, 3.8) is 0 Å². The van der Waals surface area contributed by atoms with Crippen molar-refractivity contribution in [2.45, 2.75) is 0 Å². The summed E-state index contributed by atoms with van der Waals surface area (Å²) in [4.78, 5) is 20.4. The number of phenols is 2. The lowest BCUT2D eigenvalue weighted by Crippen LogP contribution is -2.04. The second kappa shape index (κ2) is 3.93. The number of benzene rings is 1. The number of carbonyl (C=O) groups excluding carboxylic acids is 1. The van der Waals surface area contributed by atoms with Gasteiger partial charge in [0.2, 0.25) is 5.75 Å². The van der Waals surface area contributed by atoms with Crippen LogP contribution in [0.5, 0.6) is 11.5 Å². The van der Waals surface area contributed by atoms with Crippen LogP contribution in [0.3, 0.4) is 0 Å². The van der Waals surface area contributed by atoms with E-state index in [2.05, 4.69) is 0 Å². The molecule has 0 aliphatic heterocycles. The molecule has 0 aliphatic carbocycles. The fourth-order valence-corrected chi connectivity index (χ4v) is 0.996. The number of ketones is 1. The van der Waals surface area contributed by atoms with Gasteiger partial charge >= 0.3 is 5.69 Å². The minimum Gasteiger partial charge on any atom is -0.504 e. The van der Waals surface area contributed by atoms with Gasteiger partial charge in [-0.15, -0.1) is 0 Å². The first-order chi connectivity index (χ1) is 6.97. The van der Waals surface area contributed by atoms with Crippen LogP contribution >= 0.6 is 0 Å². The van der Waals surface area contributed by atoms with Crippen molar-refractivity contribution < 1.29 is 25.0 Å². The molecule has 0 aliphatic rings. The molecule has 1 aromatic carbocycles. The Morgan fingerprint density at radius 1 is 1.40 bits per heavy atom. The van der Waals surface area contributed by atoms with E-state index in [4.69, 9.17) is 15.3 Å². The monoisotopic (exact) mass is 213 g/mol. The van der Waals surface area contributed by atoms with Crippen LogP contribution in [0.15, 0.2) is 12.1 Å². The Morgan fingerprint density at radius 2 is 2.00 bits per heavy atom. The average Bonchev–Trinajstić information content (AvgIpc) is 2.20. The number of nitro benzene ring substituents is 1. The van der Waals surface area contributed by atoms with Crippen LogP contribution in [-0.2, 0) is 0 Å². The van der Waals surface area contributed by atoms with Crippen LogP contribution in [0, 0.1) is 10.1 Å². The molecule has 7 heteroatoms. The molecule has 0 amide bonds. The van der Waals surface area contributed by atoms with Crippen molar-refractivity contribution in [2.75, 3.05) is 6.61 Å². The summed E-state index contributed by atoms with van der Waals surface area (Å²) in [6.07, 6.45) is 0. The summed E-state index contributed by atoms with van der Waals surface area (Å²) in [6, 6.07) is 1.63. The minimum absolute atomic E-state index is 0.237. The number of hydrogen-bond donors (Lipinski definition) is 3. The number of rotatable bonds is 3. The molecule has 0 radical (unpaired) electrons. The molecule has 15 heavy (non-hydrogen) atoms. The first-order valence-electron chi connectivity index (χ1n) is 3.81. The molecule has 1 aromatic rings. The third kappa shape index (κ3) is 2.02. The molecule has 0 unspecified atom stereocenters. The van der Waals surface area contributed by atoms with E-state index in [0.29, 0.717) is 0 Å². The van der Waals surface area contributed by atoms with E-state index in [1.807, 2.05) is 0 Å². The number of aliphatic hydroxyl groups excluding tert-OH is 1. The highest BCUT2D eigenvalue weighted by molar-refractivity contribution is 5.98. The summed E-state index contributed by atoms with van der Waals surface area (Å²) in [7, 11) is 0. The largest absolute Gasteiger partial charge is 0.504 e. The molecule has 0 saturated carbocycles. The number of hydrogen-bond acceptors (Lipinski definition) is 6. The van der Waals surface area contributed by atoms with E-state index in [1.54, 1.807) is 0 Å². The highest BCUT2D eigenvalue weighted by atomic mass is 16.6. The van der Waals surface area contributed by atoms with Crippen LogP contribution in [0.25, 0.3) is 0 Å². The molecule has 1 rings (SSSR count). The molecule has 0 heterocycles. The lowest BCUT2D eigenvalue weighted by molar-refractivity contribution is -0.386. The molecule has 0 fully saturated rings. The van der Waals surface area contributed by atoms with Crippen molar-refractivity contribution in [2.24, 2.45) is 0 Å². The molecule has 0 atom stereocenters. The summed E-state index contributed by atoms with van der Waals surface area (Å²) in [5, 5.41) is 37.1. The predicted molar refractivity (Wildman–Crippen MR) is 47.8 cm³/mol. The van der Waals surface area contributed by atoms with Crippen molar-refractivity contribution in [3.8, 4) is 11.5 Å². The molecule has 0 bridgehead atoms. The van der Waals surface area contributed by atoms with Crippen molar-refractivity contribution in [3.05, 3.63) is 27.8 Å². The summed E-state index contributed by atoms with van der Waals surface area (Å²) >= 11 is 0. The van der Waals surface area contributed by atoms with E-state index in [1.165, 1.54) is 0 Å². The van der Waals surface area contributed by atoms with Crippen LogP contribution < -0.4 is 0 Å². The Bertz CT molecular complexity index is 427. The number of Topliss-reactive ketones (excluding diaryl/α,β-unsaturated/α-hetero) is 1. The molecular weight excluding hydrogens is 206 g/mol. The van der Waals surface area contributed by atoms with E-state index in [0.717, 1.165) is 12.1 Å². The van der Waals surface area contributed by atoms with Gasteiger partial charge in [-0.1, -0.05) is 0 Å². The Kier molecular flexibility index (Phi) is 2.86. The van der Waals surface area contributed by atoms with Crippen LogP contribution in [-0.4, -0.2) is 32.6 Å². The first-order valence-corrected chi connectivity index (χ1v) is 3.81. The number of phenolic OH excluding ortho intramolecular Hbond substituents is 2. The van der Waals surface area contributed by atoms with Crippen LogP contribution in [0.1, 0.15) is 10.4 Å². The standard InChI is InChI=1S/C8H7NO6/c10-3-7(12)4-1-5(9(14)15)8(13)6(11)2-4/h1-2,10-11,13H,3H2. The third-order valence-electron chi connectivity index (χ3n) is 1.73. The second-order valence-corrected chi connectivity index (χ2v) is 2.70. The maximum Gasteiger partial charge on any atom is 0.315 e. The fourth-order valence-electron chi connectivity index (χ4n) is 0.996. The first kappa shape index (κ1) is 10.9. The Labute approximate surface area is 83.4 Å². The number of aliphatic hydroxyl groups is 1. The highest BCUT2D eigenvalue weighted by Gasteiger charge is 2.20. The second-order valence-electron chi connectivity index (χ2n) is 2.70. The van der Waals surface area contributed by atoms with Gasteiger partial charge in [-0.2, -0.15) is 0 Å². The zero-order valence-corrected chi connectivity index (χ0v) is 7.38. The molecule has 0 aromatic heterocycles. The third-order valence-corrected chi connectivity index (χ3v) is 1.73. The zero-order chi connectivity index (χ0) is 11.6. The molecule has 7 nitrogen and oxygen atoms in total. The van der Waals surface area contributed by atoms with Gasteiger partial charge in [-0.3, -0.25) is 14.9 Å². The molecule has 3 N–H and O–H groups in total. The Morgan fingerprint density at radius 3 is 2.47 bits per heavy atom. The van der Waals surface area contributed by atoms with Crippen molar-refractivity contribution in [1.29, 1.82) is 0 Å². The average molecular weight is 213 g/mol. The Hall–Kier alpha value is -2.15. The normalized spacial score (nSPS) is 9.93. The molecule has 80 valence electrons. The van der Waals surface area contributed by atoms with Crippen LogP contribution in [0.4, 0.5) is 5.69 Å². The van der Waals surface area contributed by atoms with Crippen LogP contribution in [0.2, 0.25) is 0 Å². The maximum absolute atomic E-state index is 11.0. The van der Waals surface area contributed by atoms with Gasteiger partial charge in [0.25, 0.3) is 0 Å². The summed E-state index contributed by atoms with van der Waals surface area (Å²) in [6.45, 7) is -0.832. The smallest absolute Gasteiger partial charge is 0.315 e. The summed E-state index contributed by atoms with van der Waals surface area (Å²) in [5.74, 6) is -2.47. The van der Waals surface area contributed by atoms with E-state index >= 15 is 0 Å². The van der Waals surface area contributed by atoms with E-state index < -0.39 is 34.5 Å². The van der Waals surface area contributed by atoms with Gasteiger partial charge in [0.05, 0.1) is 4.92 Å². The summed E-state index contributed by atoms with van der Waals surface area (Å²) < 4.78 is 0. The van der Waals surface area contributed by atoms with Gasteiger partial charge in [-0.25, -0.2) is 0 Å². The van der Waals surface area contributed by atoms with Gasteiger partial charge in [-0.05, 0) is 6.07 Å². The number of aromatic hydroxyl groups is 2. The van der Waals surface area contributed by atoms with Gasteiger partial charge < -0.3 is 15.3 Å². The van der Waals surface area contributed by atoms with Gasteiger partial charge in [0.1, 0.15) is 6.61 Å². The highest BCUT2D eigenvalue weighted by Crippen LogP contribution is 2.35. The van der Waals surface area contributed by atoms with Gasteiger partial charge in [0, 0.05) is 11.6 Å². The SMILES string of the molecule is O=C(CO)c1cc(O)c(O)c([N+](=O)[O-])c1. The van der Waals surface area contributed by atoms with E-state index in [-0.39, 0.29) is 5.56 Å². The lowest BCUT2D eigenvalue weighted by Gasteiger charge is -2.02. The molecule has 0 spiro atoms. The zero-order valence-electron chi connectivity index (χ0n) is 7.38. The lowest BCUT2D eigenvalue weighted by atomic mass is 10.1. The quantitative estimate of drug-likeness (QED) is 0.285. The minimum atomic E-state index is -0.941. The van der Waals surface area contributed by atoms with Crippen molar-refractivity contribution in [1.82, 2.24) is 0 Å². The number of nitro groups is 1. The summed E-state index contributed by atoms with van der Waals surface area (Å²) in [5.41, 5.74) is -1.02. The Balaban J connectivity index is 3.35. The van der Waals surface area contributed by atoms with E-state index in [9.17, 15) is 14.9 Å². The van der Waals surface area contributed by atoms with Gasteiger partial charge in [0.15, 0.2) is 11.5 Å². The molecule has 0 saturated heterocycles. The number of carbonyl (C=O) groups is 1. The maximum atomic E-state index is 11.0. The number of nitrogens with zero attached hydrogens (tertiary/aromatic N) is 1. The topological polar surface area (TPSA) is 121 Å². The molecular formula is C8H7NO6.